The minimum Gasteiger partial charge on any atom is -0.490 e. The molecule has 1 N–H and O–H groups in total. The van der Waals surface area contributed by atoms with E-state index in [1.807, 2.05) is 13.8 Å². The zero-order valence-corrected chi connectivity index (χ0v) is 10.6. The first-order chi connectivity index (χ1) is 8.53. The molecular formula is C14H18F2O2. The fourth-order valence-electron chi connectivity index (χ4n) is 2.78. The summed E-state index contributed by atoms with van der Waals surface area (Å²) < 4.78 is 31.6. The molecule has 0 bridgehead atoms. The number of aliphatic hydroxyl groups excluding tert-OH is 1. The van der Waals surface area contributed by atoms with Crippen LogP contribution in [0.2, 0.25) is 0 Å². The van der Waals surface area contributed by atoms with Crippen LogP contribution in [0.3, 0.4) is 0 Å². The van der Waals surface area contributed by atoms with Gasteiger partial charge in [-0.25, -0.2) is 8.78 Å². The maximum atomic E-state index is 13.1. The van der Waals surface area contributed by atoms with Gasteiger partial charge >= 0.3 is 0 Å². The fourth-order valence-corrected chi connectivity index (χ4v) is 2.78. The van der Waals surface area contributed by atoms with Gasteiger partial charge in [-0.1, -0.05) is 13.8 Å². The largest absolute Gasteiger partial charge is 0.490 e. The fraction of sp³-hybridized carbons (Fsp3) is 0.571. The van der Waals surface area contributed by atoms with Crippen LogP contribution < -0.4 is 4.74 Å². The second kappa shape index (κ2) is 4.84. The van der Waals surface area contributed by atoms with Gasteiger partial charge in [-0.2, -0.15) is 0 Å². The van der Waals surface area contributed by atoms with Gasteiger partial charge in [0, 0.05) is 17.9 Å². The van der Waals surface area contributed by atoms with Crippen molar-refractivity contribution in [3.63, 3.8) is 0 Å². The second-order valence-corrected chi connectivity index (χ2v) is 4.87. The lowest BCUT2D eigenvalue weighted by molar-refractivity contribution is -0.159. The number of rotatable bonds is 4. The average Bonchev–Trinajstić information content (AvgIpc) is 2.35. The lowest BCUT2D eigenvalue weighted by Crippen LogP contribution is -2.59. The lowest BCUT2D eigenvalue weighted by Gasteiger charge is -2.52. The zero-order valence-electron chi connectivity index (χ0n) is 10.6. The van der Waals surface area contributed by atoms with Gasteiger partial charge in [0.2, 0.25) is 0 Å². The molecule has 1 saturated carbocycles. The van der Waals surface area contributed by atoms with E-state index in [1.165, 1.54) is 6.07 Å². The Morgan fingerprint density at radius 2 is 1.94 bits per heavy atom. The van der Waals surface area contributed by atoms with E-state index >= 15 is 0 Å². The topological polar surface area (TPSA) is 29.5 Å². The molecule has 100 valence electrons. The van der Waals surface area contributed by atoms with Gasteiger partial charge in [-0.05, 0) is 25.0 Å². The molecule has 0 heterocycles. The van der Waals surface area contributed by atoms with Crippen LogP contribution in [0, 0.1) is 17.0 Å². The van der Waals surface area contributed by atoms with Crippen molar-refractivity contribution in [3.05, 3.63) is 29.8 Å². The molecule has 0 saturated heterocycles. The quantitative estimate of drug-likeness (QED) is 0.895. The van der Waals surface area contributed by atoms with Crippen molar-refractivity contribution in [1.82, 2.24) is 0 Å². The van der Waals surface area contributed by atoms with Crippen LogP contribution in [0.4, 0.5) is 8.78 Å². The number of hydrogen-bond acceptors (Lipinski definition) is 2. The maximum absolute atomic E-state index is 13.1. The summed E-state index contributed by atoms with van der Waals surface area (Å²) in [4.78, 5) is 0. The summed E-state index contributed by atoms with van der Waals surface area (Å²) in [6.07, 6.45) is 1.65. The number of halogens is 2. The van der Waals surface area contributed by atoms with E-state index in [1.54, 1.807) is 0 Å². The van der Waals surface area contributed by atoms with E-state index in [-0.39, 0.29) is 17.6 Å². The molecule has 2 nitrogen and oxygen atoms in total. The van der Waals surface area contributed by atoms with Gasteiger partial charge in [-0.3, -0.25) is 0 Å². The van der Waals surface area contributed by atoms with Crippen molar-refractivity contribution >= 4 is 0 Å². The van der Waals surface area contributed by atoms with Crippen molar-refractivity contribution in [2.24, 2.45) is 5.41 Å². The highest BCUT2D eigenvalue weighted by Crippen LogP contribution is 2.48. The van der Waals surface area contributed by atoms with E-state index in [9.17, 15) is 13.9 Å². The zero-order chi connectivity index (χ0) is 13.3. The van der Waals surface area contributed by atoms with E-state index in [4.69, 9.17) is 4.74 Å². The molecule has 1 aliphatic rings. The van der Waals surface area contributed by atoms with Crippen LogP contribution in [-0.4, -0.2) is 17.3 Å². The van der Waals surface area contributed by atoms with Gasteiger partial charge in [0.05, 0.1) is 6.10 Å². The summed E-state index contributed by atoms with van der Waals surface area (Å²) in [6, 6.07) is 3.52. The number of hydrogen-bond donors (Lipinski definition) is 1. The number of aliphatic hydroxyl groups is 1. The third-order valence-electron chi connectivity index (χ3n) is 4.23. The maximum Gasteiger partial charge on any atom is 0.162 e. The predicted octanol–water partition coefficient (Wildman–Crippen LogP) is 3.28. The molecule has 1 aromatic rings. The Balaban J connectivity index is 2.12. The molecule has 2 rings (SSSR count). The molecule has 0 amide bonds. The van der Waals surface area contributed by atoms with E-state index < -0.39 is 11.6 Å². The molecule has 2 atom stereocenters. The molecule has 1 aromatic carbocycles. The standard InChI is InChI=1S/C14H18F2O2/c1-3-14(4-2)12(17)8-13(14)18-9-5-6-10(15)11(16)7-9/h5-7,12-13,17H,3-4,8H2,1-2H3. The summed E-state index contributed by atoms with van der Waals surface area (Å²) in [6.45, 7) is 4.01. The van der Waals surface area contributed by atoms with Gasteiger partial charge in [0.25, 0.3) is 0 Å². The van der Waals surface area contributed by atoms with E-state index in [0.717, 1.165) is 25.0 Å². The Morgan fingerprint density at radius 1 is 1.28 bits per heavy atom. The summed E-state index contributed by atoms with van der Waals surface area (Å²) in [7, 11) is 0. The van der Waals surface area contributed by atoms with E-state index in [2.05, 4.69) is 0 Å². The monoisotopic (exact) mass is 256 g/mol. The summed E-state index contributed by atoms with van der Waals surface area (Å²) in [5.74, 6) is -1.48. The minimum absolute atomic E-state index is 0.132. The third-order valence-corrected chi connectivity index (χ3v) is 4.23. The summed E-state index contributed by atoms with van der Waals surface area (Å²) in [5, 5.41) is 9.89. The minimum atomic E-state index is -0.911. The Hall–Kier alpha value is -1.16. The molecule has 1 fully saturated rings. The van der Waals surface area contributed by atoms with Crippen molar-refractivity contribution in [3.8, 4) is 5.75 Å². The van der Waals surface area contributed by atoms with Crippen LogP contribution in [0.25, 0.3) is 0 Å². The molecule has 4 heteroatoms. The van der Waals surface area contributed by atoms with Crippen molar-refractivity contribution in [2.45, 2.75) is 45.3 Å². The summed E-state index contributed by atoms with van der Waals surface area (Å²) >= 11 is 0. The smallest absolute Gasteiger partial charge is 0.162 e. The Kier molecular flexibility index (Phi) is 3.57. The Bertz CT molecular complexity index is 430. The molecule has 0 spiro atoms. The molecule has 2 unspecified atom stereocenters. The molecule has 0 radical (unpaired) electrons. The highest BCUT2D eigenvalue weighted by molar-refractivity contribution is 5.25. The molecule has 1 aliphatic carbocycles. The van der Waals surface area contributed by atoms with Crippen LogP contribution >= 0.6 is 0 Å². The highest BCUT2D eigenvalue weighted by Gasteiger charge is 2.53. The van der Waals surface area contributed by atoms with Crippen molar-refractivity contribution < 1.29 is 18.6 Å². The number of ether oxygens (including phenoxy) is 1. The normalized spacial score (nSPS) is 25.6. The molecular weight excluding hydrogens is 238 g/mol. The lowest BCUT2D eigenvalue weighted by atomic mass is 9.60. The summed E-state index contributed by atoms with van der Waals surface area (Å²) in [5.41, 5.74) is -0.259. The van der Waals surface area contributed by atoms with Gasteiger partial charge in [-0.15, -0.1) is 0 Å². The van der Waals surface area contributed by atoms with Gasteiger partial charge in [0.1, 0.15) is 11.9 Å². The third kappa shape index (κ3) is 1.99. The van der Waals surface area contributed by atoms with Crippen LogP contribution in [0.5, 0.6) is 5.75 Å². The SMILES string of the molecule is CCC1(CC)C(O)CC1Oc1ccc(F)c(F)c1. The first-order valence-corrected chi connectivity index (χ1v) is 6.33. The average molecular weight is 256 g/mol. The van der Waals surface area contributed by atoms with Crippen LogP contribution in [0.15, 0.2) is 18.2 Å². The van der Waals surface area contributed by atoms with Crippen molar-refractivity contribution in [1.29, 1.82) is 0 Å². The molecule has 0 aliphatic heterocycles. The predicted molar refractivity (Wildman–Crippen MR) is 64.4 cm³/mol. The highest BCUT2D eigenvalue weighted by atomic mass is 19.2. The van der Waals surface area contributed by atoms with E-state index in [0.29, 0.717) is 12.2 Å². The van der Waals surface area contributed by atoms with Gasteiger partial charge in [0.15, 0.2) is 11.6 Å². The Morgan fingerprint density at radius 3 is 2.44 bits per heavy atom. The molecule has 0 aromatic heterocycles. The first-order valence-electron chi connectivity index (χ1n) is 6.33. The van der Waals surface area contributed by atoms with Crippen LogP contribution in [0.1, 0.15) is 33.1 Å². The van der Waals surface area contributed by atoms with Gasteiger partial charge < -0.3 is 9.84 Å². The Labute approximate surface area is 106 Å². The van der Waals surface area contributed by atoms with Crippen molar-refractivity contribution in [2.75, 3.05) is 0 Å². The van der Waals surface area contributed by atoms with Crippen LogP contribution in [-0.2, 0) is 0 Å². The number of benzene rings is 1. The second-order valence-electron chi connectivity index (χ2n) is 4.87. The first kappa shape index (κ1) is 13.3. The molecule has 18 heavy (non-hydrogen) atoms.